The molecule has 2 spiro atoms. The average molecular weight is 1260 g/mol. The summed E-state index contributed by atoms with van der Waals surface area (Å²) in [6, 6.07) is 24.3. The fourth-order valence-electron chi connectivity index (χ4n) is 12.1. The van der Waals surface area contributed by atoms with E-state index in [1.54, 1.807) is 9.13 Å². The van der Waals surface area contributed by atoms with Crippen LogP contribution in [-0.2, 0) is 40.3 Å². The molecule has 4 fully saturated rings. The van der Waals surface area contributed by atoms with E-state index in [9.17, 15) is 18.4 Å². The molecule has 13 nitrogen and oxygen atoms in total. The number of pyridine rings is 2. The summed E-state index contributed by atoms with van der Waals surface area (Å²) in [4.78, 5) is 46.0. The molecule has 0 amide bonds. The number of carbonyl (C=O) groups is 2. The normalized spacial score (nSPS) is 17.1. The van der Waals surface area contributed by atoms with Crippen LogP contribution in [-0.4, -0.2) is 67.4 Å². The summed E-state index contributed by atoms with van der Waals surface area (Å²) in [7, 11) is 0. The van der Waals surface area contributed by atoms with Gasteiger partial charge in [-0.1, -0.05) is 47.5 Å². The van der Waals surface area contributed by atoms with Crippen molar-refractivity contribution >= 4 is 57.2 Å². The van der Waals surface area contributed by atoms with Crippen molar-refractivity contribution < 1.29 is 68.4 Å². The van der Waals surface area contributed by atoms with Gasteiger partial charge in [0.1, 0.15) is 70.8 Å². The number of imidazole rings is 2. The molecule has 2 saturated heterocycles. The van der Waals surface area contributed by atoms with Crippen LogP contribution in [0.4, 0.5) is 35.1 Å². The largest absolute Gasteiger partial charge is 0.473 e. The first-order valence-electron chi connectivity index (χ1n) is 28.3. The van der Waals surface area contributed by atoms with Crippen LogP contribution in [0.5, 0.6) is 11.8 Å². The monoisotopic (exact) mass is 1260 g/mol. The van der Waals surface area contributed by atoms with Gasteiger partial charge in [-0.05, 0) is 122 Å². The predicted octanol–water partition coefficient (Wildman–Crippen LogP) is 15.0. The number of esters is 2. The Bertz CT molecular complexity index is 4290. The molecule has 2 saturated carbocycles. The average Bonchev–Trinajstić information content (AvgIpc) is 1.60. The van der Waals surface area contributed by atoms with Gasteiger partial charge in [-0.15, -0.1) is 0 Å². The zero-order valence-corrected chi connectivity index (χ0v) is 48.0. The van der Waals surface area contributed by atoms with Crippen LogP contribution in [0, 0.1) is 57.4 Å². The van der Waals surface area contributed by atoms with Gasteiger partial charge in [0, 0.05) is 68.1 Å². The molecule has 14 rings (SSSR count). The Labute approximate surface area is 510 Å². The molecule has 452 valence electrons. The van der Waals surface area contributed by atoms with Crippen LogP contribution in [0.25, 0.3) is 44.6 Å². The van der Waals surface area contributed by atoms with Gasteiger partial charge in [-0.3, -0.25) is 0 Å². The van der Waals surface area contributed by atoms with E-state index in [-0.39, 0.29) is 140 Å². The zero-order chi connectivity index (χ0) is 61.6. The van der Waals surface area contributed by atoms with E-state index < -0.39 is 92.5 Å². The van der Waals surface area contributed by atoms with Gasteiger partial charge in [0.25, 0.3) is 0 Å². The smallest absolute Gasteiger partial charge is 0.346 e. The summed E-state index contributed by atoms with van der Waals surface area (Å²) in [5, 5.41) is 0.408. The van der Waals surface area contributed by atoms with Crippen molar-refractivity contribution in [2.24, 2.45) is 10.8 Å². The Morgan fingerprint density at radius 3 is 1.30 bits per heavy atom. The quantitative estimate of drug-likeness (QED) is 0.0518. The molecule has 4 aliphatic rings. The third-order valence-electron chi connectivity index (χ3n) is 17.2. The summed E-state index contributed by atoms with van der Waals surface area (Å²) in [6.07, 6.45) is 2.26. The van der Waals surface area contributed by atoms with E-state index in [1.165, 1.54) is 72.8 Å². The fraction of sp³-hybridized carbons (Fsp3) is 0.242. The van der Waals surface area contributed by atoms with Crippen LogP contribution < -0.4 is 9.47 Å². The van der Waals surface area contributed by atoms with Gasteiger partial charge in [-0.2, -0.15) is 0 Å². The van der Waals surface area contributed by atoms with Crippen molar-refractivity contribution in [1.82, 2.24) is 29.1 Å². The maximum absolute atomic E-state index is 16.5. The van der Waals surface area contributed by atoms with Crippen molar-refractivity contribution in [3.8, 4) is 34.3 Å². The van der Waals surface area contributed by atoms with E-state index in [2.05, 4.69) is 19.9 Å². The molecular formula is C66H46Cl2F8N6O7. The SMILES string of the molecule is O=C(OC(=O)c1cc(F)c2nc(Cc3cc(F)c(-c4cccc(OCc5ccc(Cl)cc5F)n4)cc3F)n(C3COCC34CC4)c2c1)c1cc(F)c2nc(Cc3cc(F)c(-c4cccc(OCc5ccc(Cl)cc5F)n4)cc3F)n(C3COCC34CC4)c2c1. The van der Waals surface area contributed by atoms with Gasteiger partial charge in [-0.25, -0.2) is 64.6 Å². The highest BCUT2D eigenvalue weighted by Crippen LogP contribution is 2.60. The highest BCUT2D eigenvalue weighted by molar-refractivity contribution is 6.30. The van der Waals surface area contributed by atoms with E-state index in [4.69, 9.17) is 46.9 Å². The van der Waals surface area contributed by atoms with Gasteiger partial charge < -0.3 is 32.8 Å². The maximum Gasteiger partial charge on any atom is 0.346 e. The Hall–Kier alpha value is -8.76. The minimum atomic E-state index is -1.31. The minimum Gasteiger partial charge on any atom is -0.473 e. The highest BCUT2D eigenvalue weighted by Gasteiger charge is 2.56. The Kier molecular flexibility index (Phi) is 14.8. The maximum atomic E-state index is 16.5. The Morgan fingerprint density at radius 2 is 0.899 bits per heavy atom. The lowest BCUT2D eigenvalue weighted by atomic mass is 9.99. The van der Waals surface area contributed by atoms with Crippen LogP contribution in [0.1, 0.15) is 92.4 Å². The molecule has 4 aromatic heterocycles. The predicted molar refractivity (Wildman–Crippen MR) is 308 cm³/mol. The van der Waals surface area contributed by atoms with Crippen molar-refractivity contribution in [3.05, 3.63) is 223 Å². The van der Waals surface area contributed by atoms with Gasteiger partial charge >= 0.3 is 11.9 Å². The number of benzene rings is 6. The van der Waals surface area contributed by atoms with Gasteiger partial charge in [0.2, 0.25) is 11.8 Å². The standard InChI is InChI=1S/C66H46Cl2F8N6O7/c67-39-9-7-33(43(69)23-39)27-87-59-5-1-3-51(77-59)41-25-45(71)35(15-47(41)73)21-57-79-61-49(75)17-37(19-53(61)81(57)55-29-85-31-65(55)11-12-65)63(83)89-64(84)38-18-50(76)62-54(20-38)82(56-30-86-32-66(56)13-14-66)58(80-62)22-36-16-48(74)42(26-46(36)72)52-4-2-6-60(78-52)88-28-34-8-10-40(68)24-44(34)70/h1-10,15-20,23-26,55-56H,11-14,21-22,27-32H2. The van der Waals surface area contributed by atoms with Crippen LogP contribution in [0.15, 0.2) is 121 Å². The second-order valence-corrected chi connectivity index (χ2v) is 23.8. The number of fused-ring (bicyclic) bond motifs is 2. The summed E-state index contributed by atoms with van der Waals surface area (Å²) in [5.41, 5.74) is -2.12. The molecular weight excluding hydrogens is 1210 g/mol. The third kappa shape index (κ3) is 11.0. The topological polar surface area (TPSA) is 142 Å². The molecule has 2 aliphatic carbocycles. The molecule has 2 aliphatic heterocycles. The number of halogens is 10. The molecule has 0 radical (unpaired) electrons. The van der Waals surface area contributed by atoms with Gasteiger partial charge in [0.15, 0.2) is 11.6 Å². The lowest BCUT2D eigenvalue weighted by molar-refractivity contribution is 0.0397. The van der Waals surface area contributed by atoms with Crippen molar-refractivity contribution in [3.63, 3.8) is 0 Å². The van der Waals surface area contributed by atoms with Crippen LogP contribution >= 0.6 is 23.2 Å². The molecule has 89 heavy (non-hydrogen) atoms. The number of carbonyl (C=O) groups excluding carboxylic acids is 2. The first-order valence-corrected chi connectivity index (χ1v) is 29.0. The molecule has 0 N–H and O–H groups in total. The minimum absolute atomic E-state index is 0.0158. The van der Waals surface area contributed by atoms with E-state index >= 15 is 26.3 Å². The van der Waals surface area contributed by atoms with Crippen molar-refractivity contribution in [2.45, 2.75) is 63.8 Å². The summed E-state index contributed by atoms with van der Waals surface area (Å²) in [6.45, 7) is 0.585. The van der Waals surface area contributed by atoms with Crippen molar-refractivity contribution in [2.75, 3.05) is 26.4 Å². The number of aromatic nitrogens is 6. The molecule has 23 heteroatoms. The van der Waals surface area contributed by atoms with Crippen LogP contribution in [0.3, 0.4) is 0 Å². The lowest BCUT2D eigenvalue weighted by Crippen LogP contribution is -2.22. The second-order valence-electron chi connectivity index (χ2n) is 22.9. The zero-order valence-electron chi connectivity index (χ0n) is 46.5. The van der Waals surface area contributed by atoms with Crippen LogP contribution in [0.2, 0.25) is 10.0 Å². The molecule has 2 atom stereocenters. The first-order chi connectivity index (χ1) is 42.9. The van der Waals surface area contributed by atoms with Crippen molar-refractivity contribution in [1.29, 1.82) is 0 Å². The molecule has 10 aromatic rings. The summed E-state index contributed by atoms with van der Waals surface area (Å²) in [5.74, 6) is -8.90. The lowest BCUT2D eigenvalue weighted by Gasteiger charge is -2.22. The van der Waals surface area contributed by atoms with E-state index in [0.29, 0.717) is 13.2 Å². The number of ether oxygens (including phenoxy) is 5. The molecule has 2 unspecified atom stereocenters. The van der Waals surface area contributed by atoms with E-state index in [1.807, 2.05) is 0 Å². The number of hydrogen-bond donors (Lipinski definition) is 0. The van der Waals surface area contributed by atoms with Gasteiger partial charge in [0.05, 0.1) is 72.1 Å². The number of hydrogen-bond acceptors (Lipinski definition) is 11. The highest BCUT2D eigenvalue weighted by atomic mass is 35.5. The molecule has 6 heterocycles. The molecule has 0 bridgehead atoms. The second kappa shape index (κ2) is 22.7. The fourth-order valence-corrected chi connectivity index (χ4v) is 12.4. The third-order valence-corrected chi connectivity index (χ3v) is 17.7. The summed E-state index contributed by atoms with van der Waals surface area (Å²) >= 11 is 11.7. The first kappa shape index (κ1) is 58.0. The Morgan fingerprint density at radius 1 is 0.483 bits per heavy atom. The number of rotatable bonds is 16. The Balaban J connectivity index is 0.732. The van der Waals surface area contributed by atoms with E-state index in [0.717, 1.165) is 74.2 Å². The summed E-state index contributed by atoms with van der Waals surface area (Å²) < 4.78 is 159. The number of nitrogens with zero attached hydrogens (tertiary/aromatic N) is 6. The molecule has 6 aromatic carbocycles.